The van der Waals surface area contributed by atoms with Crippen molar-refractivity contribution in [3.63, 3.8) is 0 Å². The topological polar surface area (TPSA) is 112 Å². The first kappa shape index (κ1) is 14.9. The molecular weight excluding hydrogens is 244 g/mol. The van der Waals surface area contributed by atoms with Crippen LogP contribution in [-0.2, 0) is 11.2 Å². The van der Waals surface area contributed by atoms with Gasteiger partial charge in [-0.15, -0.1) is 0 Å². The van der Waals surface area contributed by atoms with E-state index in [1.807, 2.05) is 6.07 Å². The maximum Gasteiger partial charge on any atom is 0.266 e. The second-order valence-electron chi connectivity index (χ2n) is 4.34. The highest BCUT2D eigenvalue weighted by Gasteiger charge is 2.14. The lowest BCUT2D eigenvalue weighted by Gasteiger charge is -2.11. The van der Waals surface area contributed by atoms with Crippen molar-refractivity contribution in [2.45, 2.75) is 26.7 Å². The fourth-order valence-corrected chi connectivity index (χ4v) is 1.86. The molecule has 1 amide bonds. The summed E-state index contributed by atoms with van der Waals surface area (Å²) in [6.45, 7) is 4.46. The zero-order chi connectivity index (χ0) is 14.4. The predicted molar refractivity (Wildman–Crippen MR) is 71.6 cm³/mol. The Bertz CT molecular complexity index is 569. The molecule has 0 spiro atoms. The lowest BCUT2D eigenvalue weighted by molar-refractivity contribution is -0.120. The van der Waals surface area contributed by atoms with Crippen molar-refractivity contribution < 1.29 is 4.79 Å². The second-order valence-corrected chi connectivity index (χ2v) is 4.34. The number of amides is 1. The lowest BCUT2D eigenvalue weighted by atomic mass is 10.0. The van der Waals surface area contributed by atoms with E-state index in [-0.39, 0.29) is 17.9 Å². The van der Waals surface area contributed by atoms with Crippen molar-refractivity contribution in [1.29, 1.82) is 5.26 Å². The minimum atomic E-state index is -0.412. The first-order valence-electron chi connectivity index (χ1n) is 6.10. The molecule has 1 aromatic heterocycles. The van der Waals surface area contributed by atoms with Gasteiger partial charge < -0.3 is 16.0 Å². The summed E-state index contributed by atoms with van der Waals surface area (Å²) in [5.41, 5.74) is 6.88. The number of carbonyl (C=O) groups excluding carboxylic acids is 1. The fraction of sp³-hybridized carbons (Fsp3) is 0.462. The monoisotopic (exact) mass is 262 g/mol. The molecule has 1 heterocycles. The molecule has 19 heavy (non-hydrogen) atoms. The van der Waals surface area contributed by atoms with E-state index in [1.165, 1.54) is 0 Å². The smallest absolute Gasteiger partial charge is 0.266 e. The molecule has 6 nitrogen and oxygen atoms in total. The molecule has 6 heteroatoms. The van der Waals surface area contributed by atoms with Gasteiger partial charge in [0.1, 0.15) is 11.6 Å². The van der Waals surface area contributed by atoms with Gasteiger partial charge in [-0.3, -0.25) is 9.59 Å². The number of hydrogen-bond donors (Lipinski definition) is 3. The first-order chi connectivity index (χ1) is 9.01. The average Bonchev–Trinajstić information content (AvgIpc) is 2.35. The molecule has 4 N–H and O–H groups in total. The fourth-order valence-electron chi connectivity index (χ4n) is 1.86. The lowest BCUT2D eigenvalue weighted by Crippen LogP contribution is -2.29. The van der Waals surface area contributed by atoms with Crippen LogP contribution in [0.25, 0.3) is 0 Å². The van der Waals surface area contributed by atoms with E-state index >= 15 is 0 Å². The highest BCUT2D eigenvalue weighted by atomic mass is 16.1. The second kappa shape index (κ2) is 6.71. The third-order valence-corrected chi connectivity index (χ3v) is 2.96. The summed E-state index contributed by atoms with van der Waals surface area (Å²) < 4.78 is 0. The number of pyridine rings is 1. The molecule has 0 aliphatic heterocycles. The molecule has 0 saturated carbocycles. The third kappa shape index (κ3) is 3.66. The van der Waals surface area contributed by atoms with E-state index in [2.05, 4.69) is 10.3 Å². The van der Waals surface area contributed by atoms with Gasteiger partial charge in [0.05, 0.1) is 6.42 Å². The molecule has 102 valence electrons. The van der Waals surface area contributed by atoms with E-state index in [0.29, 0.717) is 29.9 Å². The van der Waals surface area contributed by atoms with Crippen molar-refractivity contribution in [2.75, 3.05) is 13.1 Å². The highest BCUT2D eigenvalue weighted by Crippen LogP contribution is 2.13. The number of aromatic nitrogens is 1. The number of H-pyrrole nitrogens is 1. The molecule has 0 fully saturated rings. The van der Waals surface area contributed by atoms with Gasteiger partial charge >= 0.3 is 0 Å². The van der Waals surface area contributed by atoms with Gasteiger partial charge in [-0.05, 0) is 37.9 Å². The van der Waals surface area contributed by atoms with Crippen LogP contribution in [0.3, 0.4) is 0 Å². The van der Waals surface area contributed by atoms with E-state index in [9.17, 15) is 9.59 Å². The molecule has 0 atom stereocenters. The minimum absolute atomic E-state index is 0.0651. The van der Waals surface area contributed by atoms with Gasteiger partial charge in [0.25, 0.3) is 5.56 Å². The summed E-state index contributed by atoms with van der Waals surface area (Å²) in [5, 5.41) is 11.7. The van der Waals surface area contributed by atoms with Crippen LogP contribution in [0.5, 0.6) is 0 Å². The van der Waals surface area contributed by atoms with Crippen LogP contribution >= 0.6 is 0 Å². The van der Waals surface area contributed by atoms with Gasteiger partial charge in [0, 0.05) is 12.2 Å². The zero-order valence-corrected chi connectivity index (χ0v) is 11.2. The van der Waals surface area contributed by atoms with Gasteiger partial charge in [-0.1, -0.05) is 0 Å². The average molecular weight is 262 g/mol. The predicted octanol–water partition coefficient (Wildman–Crippen LogP) is -0.129. The summed E-state index contributed by atoms with van der Waals surface area (Å²) in [6.07, 6.45) is 0.868. The number of nitrogens with zero attached hydrogens (tertiary/aromatic N) is 1. The Hall–Kier alpha value is -2.13. The van der Waals surface area contributed by atoms with E-state index in [1.54, 1.807) is 13.8 Å². The SMILES string of the molecule is Cc1[nH]c(=O)c(C#N)c(C)c1CC(=O)NCCCN. The standard InChI is InChI=1S/C13H18N4O2/c1-8-10(6-12(18)16-5-3-4-14)9(2)17-13(19)11(8)7-15/h3-6,14H2,1-2H3,(H,16,18)(H,17,19). The number of aryl methyl sites for hydroxylation is 1. The van der Waals surface area contributed by atoms with E-state index < -0.39 is 5.56 Å². The van der Waals surface area contributed by atoms with Crippen LogP contribution in [0.4, 0.5) is 0 Å². The molecular formula is C13H18N4O2. The summed E-state index contributed by atoms with van der Waals surface area (Å²) in [4.78, 5) is 25.9. The summed E-state index contributed by atoms with van der Waals surface area (Å²) in [6, 6.07) is 1.86. The van der Waals surface area contributed by atoms with Crippen LogP contribution in [0.15, 0.2) is 4.79 Å². The molecule has 1 rings (SSSR count). The van der Waals surface area contributed by atoms with Gasteiger partial charge in [0.2, 0.25) is 5.91 Å². The summed E-state index contributed by atoms with van der Waals surface area (Å²) in [5.74, 6) is -0.143. The van der Waals surface area contributed by atoms with Crippen molar-refractivity contribution >= 4 is 5.91 Å². The quantitative estimate of drug-likeness (QED) is 0.642. The van der Waals surface area contributed by atoms with Crippen molar-refractivity contribution in [2.24, 2.45) is 5.73 Å². The summed E-state index contributed by atoms with van der Waals surface area (Å²) in [7, 11) is 0. The molecule has 0 aliphatic rings. The van der Waals surface area contributed by atoms with E-state index in [0.717, 1.165) is 6.42 Å². The number of nitrogens with two attached hydrogens (primary N) is 1. The van der Waals surface area contributed by atoms with Crippen LogP contribution in [-0.4, -0.2) is 24.0 Å². The molecule has 1 aromatic rings. The third-order valence-electron chi connectivity index (χ3n) is 2.96. The Balaban J connectivity index is 2.93. The Morgan fingerprint density at radius 3 is 2.74 bits per heavy atom. The van der Waals surface area contributed by atoms with Crippen molar-refractivity contribution in [1.82, 2.24) is 10.3 Å². The molecule has 0 radical (unpaired) electrons. The highest BCUT2D eigenvalue weighted by molar-refractivity contribution is 5.79. The molecule has 0 aliphatic carbocycles. The molecule has 0 bridgehead atoms. The number of rotatable bonds is 5. The first-order valence-corrected chi connectivity index (χ1v) is 6.10. The van der Waals surface area contributed by atoms with Gasteiger partial charge in [-0.25, -0.2) is 0 Å². The number of nitrogens with one attached hydrogen (secondary N) is 2. The number of hydrogen-bond acceptors (Lipinski definition) is 4. The molecule has 0 aromatic carbocycles. The van der Waals surface area contributed by atoms with Gasteiger partial charge in [0.15, 0.2) is 0 Å². The van der Waals surface area contributed by atoms with Crippen molar-refractivity contribution in [3.8, 4) is 6.07 Å². The normalized spacial score (nSPS) is 10.0. The Labute approximate surface area is 111 Å². The summed E-state index contributed by atoms with van der Waals surface area (Å²) >= 11 is 0. The van der Waals surface area contributed by atoms with Crippen molar-refractivity contribution in [3.05, 3.63) is 32.7 Å². The Kier molecular flexibility index (Phi) is 5.27. The maximum absolute atomic E-state index is 11.7. The number of carbonyl (C=O) groups is 1. The van der Waals surface area contributed by atoms with Crippen LogP contribution < -0.4 is 16.6 Å². The van der Waals surface area contributed by atoms with Gasteiger partial charge in [-0.2, -0.15) is 5.26 Å². The Morgan fingerprint density at radius 2 is 2.16 bits per heavy atom. The number of aromatic amines is 1. The minimum Gasteiger partial charge on any atom is -0.356 e. The zero-order valence-electron chi connectivity index (χ0n) is 11.2. The van der Waals surface area contributed by atoms with Crippen LogP contribution in [0, 0.1) is 25.2 Å². The maximum atomic E-state index is 11.7. The van der Waals surface area contributed by atoms with E-state index in [4.69, 9.17) is 11.0 Å². The molecule has 0 unspecified atom stereocenters. The van der Waals surface area contributed by atoms with Crippen LogP contribution in [0.2, 0.25) is 0 Å². The Morgan fingerprint density at radius 1 is 1.47 bits per heavy atom. The number of nitriles is 1. The van der Waals surface area contributed by atoms with Crippen LogP contribution in [0.1, 0.15) is 28.8 Å². The molecule has 0 saturated heterocycles. The largest absolute Gasteiger partial charge is 0.356 e.